The Morgan fingerprint density at radius 3 is 2.47 bits per heavy atom. The highest BCUT2D eigenvalue weighted by Crippen LogP contribution is 2.17. The molecule has 0 aromatic heterocycles. The van der Waals surface area contributed by atoms with E-state index in [4.69, 9.17) is 0 Å². The predicted octanol–water partition coefficient (Wildman–Crippen LogP) is 3.12. The normalized spacial score (nSPS) is 11.3. The van der Waals surface area contributed by atoms with Crippen LogP contribution in [0.4, 0.5) is 4.39 Å². The second-order valence-electron chi connectivity index (χ2n) is 4.33. The van der Waals surface area contributed by atoms with Crippen molar-refractivity contribution in [1.29, 1.82) is 0 Å². The molecule has 2 nitrogen and oxygen atoms in total. The molecule has 0 atom stereocenters. The maximum Gasteiger partial charge on any atom is 0.251 e. The zero-order valence-corrected chi connectivity index (χ0v) is 10.5. The van der Waals surface area contributed by atoms with Gasteiger partial charge in [-0.15, -0.1) is 0 Å². The van der Waals surface area contributed by atoms with E-state index in [1.54, 1.807) is 0 Å². The molecule has 0 fully saturated rings. The van der Waals surface area contributed by atoms with E-state index < -0.39 is 0 Å². The Morgan fingerprint density at radius 1 is 1.40 bits per heavy atom. The Bertz CT molecular complexity index is 385. The summed E-state index contributed by atoms with van der Waals surface area (Å²) in [5.41, 5.74) is 0.149. The standard InChI is InChI=1S/C11H13BrFNO/c1-11(2,3)14-10(15)7-4-5-9(13)8(12)6-7/h4-6H,1-3H3,(H,14,15). The van der Waals surface area contributed by atoms with Gasteiger partial charge in [0.1, 0.15) is 5.82 Å². The summed E-state index contributed by atoms with van der Waals surface area (Å²) in [6.07, 6.45) is 0. The van der Waals surface area contributed by atoms with E-state index in [0.717, 1.165) is 0 Å². The summed E-state index contributed by atoms with van der Waals surface area (Å²) >= 11 is 3.04. The molecule has 1 aromatic carbocycles. The van der Waals surface area contributed by atoms with Crippen molar-refractivity contribution in [3.63, 3.8) is 0 Å². The number of carbonyl (C=O) groups is 1. The van der Waals surface area contributed by atoms with Crippen molar-refractivity contribution >= 4 is 21.8 Å². The van der Waals surface area contributed by atoms with Crippen LogP contribution in [-0.2, 0) is 0 Å². The van der Waals surface area contributed by atoms with Crippen LogP contribution in [0.3, 0.4) is 0 Å². The monoisotopic (exact) mass is 273 g/mol. The Morgan fingerprint density at radius 2 is 2.00 bits per heavy atom. The number of amides is 1. The molecular formula is C11H13BrFNO. The van der Waals surface area contributed by atoms with Crippen LogP contribution >= 0.6 is 15.9 Å². The van der Waals surface area contributed by atoms with Crippen molar-refractivity contribution in [2.45, 2.75) is 26.3 Å². The second kappa shape index (κ2) is 4.31. The lowest BCUT2D eigenvalue weighted by atomic mass is 10.1. The van der Waals surface area contributed by atoms with Gasteiger partial charge in [0.2, 0.25) is 0 Å². The number of rotatable bonds is 1. The van der Waals surface area contributed by atoms with Gasteiger partial charge in [-0.1, -0.05) is 0 Å². The molecule has 1 amide bonds. The first-order valence-corrected chi connectivity index (χ1v) is 5.36. The van der Waals surface area contributed by atoms with Gasteiger partial charge in [-0.3, -0.25) is 4.79 Å². The number of hydrogen-bond acceptors (Lipinski definition) is 1. The number of hydrogen-bond donors (Lipinski definition) is 1. The zero-order chi connectivity index (χ0) is 11.6. The van der Waals surface area contributed by atoms with Gasteiger partial charge in [-0.25, -0.2) is 4.39 Å². The molecule has 4 heteroatoms. The van der Waals surface area contributed by atoms with Gasteiger partial charge in [0.25, 0.3) is 5.91 Å². The molecule has 0 aliphatic heterocycles. The summed E-state index contributed by atoms with van der Waals surface area (Å²) in [7, 11) is 0. The Labute approximate surface area is 97.0 Å². The molecule has 0 aliphatic carbocycles. The molecule has 0 saturated heterocycles. The minimum atomic E-state index is -0.373. The fraction of sp³-hybridized carbons (Fsp3) is 0.364. The highest BCUT2D eigenvalue weighted by molar-refractivity contribution is 9.10. The Balaban J connectivity index is 2.88. The molecule has 1 rings (SSSR count). The first-order valence-electron chi connectivity index (χ1n) is 4.57. The Hall–Kier alpha value is -0.900. The van der Waals surface area contributed by atoms with E-state index in [2.05, 4.69) is 21.2 Å². The zero-order valence-electron chi connectivity index (χ0n) is 8.90. The van der Waals surface area contributed by atoms with E-state index >= 15 is 0 Å². The van der Waals surface area contributed by atoms with Gasteiger partial charge >= 0.3 is 0 Å². The maximum atomic E-state index is 12.9. The third-order valence-corrected chi connectivity index (χ3v) is 2.28. The van der Waals surface area contributed by atoms with Crippen molar-refractivity contribution < 1.29 is 9.18 Å². The first kappa shape index (κ1) is 12.2. The summed E-state index contributed by atoms with van der Waals surface area (Å²) in [5, 5.41) is 2.80. The maximum absolute atomic E-state index is 12.9. The largest absolute Gasteiger partial charge is 0.347 e. The van der Waals surface area contributed by atoms with Crippen LogP contribution in [-0.4, -0.2) is 11.4 Å². The SMILES string of the molecule is CC(C)(C)NC(=O)c1ccc(F)c(Br)c1. The van der Waals surface area contributed by atoms with Gasteiger partial charge in [0, 0.05) is 11.1 Å². The van der Waals surface area contributed by atoms with Crippen LogP contribution < -0.4 is 5.32 Å². The molecule has 1 aromatic rings. The number of benzene rings is 1. The molecule has 82 valence electrons. The summed E-state index contributed by atoms with van der Waals surface area (Å²) in [4.78, 5) is 11.7. The van der Waals surface area contributed by atoms with Crippen LogP contribution in [0.1, 0.15) is 31.1 Å². The Kier molecular flexibility index (Phi) is 3.50. The molecule has 0 radical (unpaired) electrons. The second-order valence-corrected chi connectivity index (χ2v) is 5.19. The van der Waals surface area contributed by atoms with Crippen LogP contribution in [0, 0.1) is 5.82 Å². The fourth-order valence-corrected chi connectivity index (χ4v) is 1.43. The molecule has 0 unspecified atom stereocenters. The quantitative estimate of drug-likeness (QED) is 0.837. The molecule has 0 heterocycles. The minimum absolute atomic E-state index is 0.205. The number of carbonyl (C=O) groups excluding carboxylic acids is 1. The lowest BCUT2D eigenvalue weighted by molar-refractivity contribution is 0.0919. The highest BCUT2D eigenvalue weighted by atomic mass is 79.9. The van der Waals surface area contributed by atoms with Crippen molar-refractivity contribution in [3.8, 4) is 0 Å². The molecule has 0 spiro atoms. The topological polar surface area (TPSA) is 29.1 Å². The summed E-state index contributed by atoms with van der Waals surface area (Å²) in [6.45, 7) is 5.68. The fourth-order valence-electron chi connectivity index (χ4n) is 1.05. The predicted molar refractivity (Wildman–Crippen MR) is 61.3 cm³/mol. The molecule has 0 saturated carbocycles. The van der Waals surface area contributed by atoms with Crippen LogP contribution in [0.15, 0.2) is 22.7 Å². The van der Waals surface area contributed by atoms with Gasteiger partial charge in [-0.05, 0) is 54.9 Å². The summed E-state index contributed by atoms with van der Waals surface area (Å²) < 4.78 is 13.2. The van der Waals surface area contributed by atoms with Crippen molar-refractivity contribution in [2.24, 2.45) is 0 Å². The number of nitrogens with one attached hydrogen (secondary N) is 1. The van der Waals surface area contributed by atoms with Gasteiger partial charge in [0.05, 0.1) is 4.47 Å². The lowest BCUT2D eigenvalue weighted by Crippen LogP contribution is -2.40. The average Bonchev–Trinajstić information content (AvgIpc) is 2.06. The average molecular weight is 274 g/mol. The van der Waals surface area contributed by atoms with Crippen LogP contribution in [0.2, 0.25) is 0 Å². The number of halogens is 2. The summed E-state index contributed by atoms with van der Waals surface area (Å²) in [6, 6.07) is 4.19. The molecule has 0 bridgehead atoms. The van der Waals surface area contributed by atoms with Crippen LogP contribution in [0.5, 0.6) is 0 Å². The minimum Gasteiger partial charge on any atom is -0.347 e. The molecular weight excluding hydrogens is 261 g/mol. The molecule has 1 N–H and O–H groups in total. The van der Waals surface area contributed by atoms with E-state index in [1.165, 1.54) is 18.2 Å². The highest BCUT2D eigenvalue weighted by Gasteiger charge is 2.15. The van der Waals surface area contributed by atoms with E-state index in [-0.39, 0.29) is 17.3 Å². The third-order valence-electron chi connectivity index (χ3n) is 1.67. The van der Waals surface area contributed by atoms with E-state index in [0.29, 0.717) is 10.0 Å². The third kappa shape index (κ3) is 3.63. The molecule has 0 aliphatic rings. The lowest BCUT2D eigenvalue weighted by Gasteiger charge is -2.20. The van der Waals surface area contributed by atoms with Crippen molar-refractivity contribution in [2.75, 3.05) is 0 Å². The first-order chi connectivity index (χ1) is 6.79. The van der Waals surface area contributed by atoms with Gasteiger partial charge in [0.15, 0.2) is 0 Å². The molecule has 15 heavy (non-hydrogen) atoms. The van der Waals surface area contributed by atoms with Crippen LogP contribution in [0.25, 0.3) is 0 Å². The van der Waals surface area contributed by atoms with Gasteiger partial charge < -0.3 is 5.32 Å². The smallest absolute Gasteiger partial charge is 0.251 e. The van der Waals surface area contributed by atoms with E-state index in [9.17, 15) is 9.18 Å². The summed E-state index contributed by atoms with van der Waals surface area (Å²) in [5.74, 6) is -0.578. The van der Waals surface area contributed by atoms with Gasteiger partial charge in [-0.2, -0.15) is 0 Å². The van der Waals surface area contributed by atoms with Crippen molar-refractivity contribution in [3.05, 3.63) is 34.1 Å². The van der Waals surface area contributed by atoms with E-state index in [1.807, 2.05) is 20.8 Å². The van der Waals surface area contributed by atoms with Crippen molar-refractivity contribution in [1.82, 2.24) is 5.32 Å².